The lowest BCUT2D eigenvalue weighted by Gasteiger charge is -2.14. The summed E-state index contributed by atoms with van der Waals surface area (Å²) in [6, 6.07) is 61.7. The number of rotatable bonds is 4. The lowest BCUT2D eigenvalue weighted by Crippen LogP contribution is -1.87. The van der Waals surface area contributed by atoms with Crippen LogP contribution in [-0.4, -0.2) is 0 Å². The SMILES string of the molecule is c1cc(-c2cccc3ccccc23)cc(-c2cccc3c(-c4ccc(-c5cccc6ccccc56)cc4)cccc23)c1. The molecule has 0 unspecified atom stereocenters. The Kier molecular flexibility index (Phi) is 5.90. The Balaban J connectivity index is 1.21. The molecule has 196 valence electrons. The maximum absolute atomic E-state index is 2.34. The van der Waals surface area contributed by atoms with E-state index in [4.69, 9.17) is 0 Å². The Bertz CT molecular complexity index is 2220. The van der Waals surface area contributed by atoms with Gasteiger partial charge in [0.05, 0.1) is 0 Å². The Labute approximate surface area is 246 Å². The van der Waals surface area contributed by atoms with Gasteiger partial charge in [-0.15, -0.1) is 0 Å². The van der Waals surface area contributed by atoms with E-state index in [9.17, 15) is 0 Å². The predicted molar refractivity (Wildman–Crippen MR) is 181 cm³/mol. The third kappa shape index (κ3) is 4.17. The van der Waals surface area contributed by atoms with Gasteiger partial charge in [-0.3, -0.25) is 0 Å². The summed E-state index contributed by atoms with van der Waals surface area (Å²) >= 11 is 0. The molecule has 8 aromatic rings. The molecule has 8 aromatic carbocycles. The number of benzene rings is 8. The number of hydrogen-bond acceptors (Lipinski definition) is 0. The van der Waals surface area contributed by atoms with Crippen molar-refractivity contribution in [3.8, 4) is 44.5 Å². The summed E-state index contributed by atoms with van der Waals surface area (Å²) in [4.78, 5) is 0. The fraction of sp³-hybridized carbons (Fsp3) is 0. The molecule has 0 saturated carbocycles. The lowest BCUT2D eigenvalue weighted by molar-refractivity contribution is 1.61. The van der Waals surface area contributed by atoms with Crippen molar-refractivity contribution in [2.24, 2.45) is 0 Å². The standard InChI is InChI=1S/C42H28/c1-3-16-35-29(10-1)12-6-18-37(35)31-24-26-32(27-25-31)38-20-8-23-42-40(21-9-22-41(38)42)34-15-5-14-33(28-34)39-19-7-13-30-11-2-4-17-36(30)39/h1-28H. The van der Waals surface area contributed by atoms with Crippen LogP contribution in [-0.2, 0) is 0 Å². The molecule has 0 amide bonds. The highest BCUT2D eigenvalue weighted by Gasteiger charge is 2.11. The average Bonchev–Trinajstić information content (AvgIpc) is 3.07. The minimum atomic E-state index is 1.23. The van der Waals surface area contributed by atoms with E-state index in [1.807, 2.05) is 0 Å². The normalized spacial score (nSPS) is 11.3. The van der Waals surface area contributed by atoms with Gasteiger partial charge in [0.15, 0.2) is 0 Å². The largest absolute Gasteiger partial charge is 0.0616 e. The van der Waals surface area contributed by atoms with E-state index < -0.39 is 0 Å². The molecule has 0 nitrogen and oxygen atoms in total. The van der Waals surface area contributed by atoms with Crippen LogP contribution in [0.25, 0.3) is 76.8 Å². The van der Waals surface area contributed by atoms with Crippen LogP contribution < -0.4 is 0 Å². The van der Waals surface area contributed by atoms with E-state index in [-0.39, 0.29) is 0 Å². The molecule has 0 saturated heterocycles. The molecule has 8 rings (SSSR count). The highest BCUT2D eigenvalue weighted by molar-refractivity contribution is 6.05. The second-order valence-electron chi connectivity index (χ2n) is 10.9. The van der Waals surface area contributed by atoms with Crippen LogP contribution in [0.2, 0.25) is 0 Å². The van der Waals surface area contributed by atoms with Gasteiger partial charge >= 0.3 is 0 Å². The van der Waals surface area contributed by atoms with Crippen molar-refractivity contribution in [1.82, 2.24) is 0 Å². The zero-order valence-electron chi connectivity index (χ0n) is 23.2. The molecule has 42 heavy (non-hydrogen) atoms. The number of fused-ring (bicyclic) bond motifs is 3. The zero-order valence-corrected chi connectivity index (χ0v) is 23.2. The second kappa shape index (κ2) is 10.2. The van der Waals surface area contributed by atoms with E-state index in [0.29, 0.717) is 0 Å². The molecule has 0 atom stereocenters. The van der Waals surface area contributed by atoms with Crippen molar-refractivity contribution in [3.63, 3.8) is 0 Å². The maximum Gasteiger partial charge on any atom is -0.00992 e. The van der Waals surface area contributed by atoms with Crippen molar-refractivity contribution in [2.45, 2.75) is 0 Å². The van der Waals surface area contributed by atoms with Crippen LogP contribution >= 0.6 is 0 Å². The van der Waals surface area contributed by atoms with Crippen LogP contribution in [0.4, 0.5) is 0 Å². The smallest absolute Gasteiger partial charge is 0.00992 e. The predicted octanol–water partition coefficient (Wildman–Crippen LogP) is 11.8. The second-order valence-corrected chi connectivity index (χ2v) is 10.9. The Morgan fingerprint density at radius 3 is 1.07 bits per heavy atom. The monoisotopic (exact) mass is 532 g/mol. The summed E-state index contributed by atoms with van der Waals surface area (Å²) in [5, 5.41) is 7.64. The van der Waals surface area contributed by atoms with Gasteiger partial charge in [0.2, 0.25) is 0 Å². The summed E-state index contributed by atoms with van der Waals surface area (Å²) in [6.45, 7) is 0. The molecule has 0 spiro atoms. The van der Waals surface area contributed by atoms with E-state index in [1.165, 1.54) is 76.8 Å². The summed E-state index contributed by atoms with van der Waals surface area (Å²) in [6.07, 6.45) is 0. The quantitative estimate of drug-likeness (QED) is 0.211. The van der Waals surface area contributed by atoms with E-state index in [0.717, 1.165) is 0 Å². The van der Waals surface area contributed by atoms with Crippen molar-refractivity contribution >= 4 is 32.3 Å². The van der Waals surface area contributed by atoms with Gasteiger partial charge in [0.1, 0.15) is 0 Å². The van der Waals surface area contributed by atoms with Gasteiger partial charge in [-0.2, -0.15) is 0 Å². The highest BCUT2D eigenvalue weighted by atomic mass is 14.2. The molecule has 0 heteroatoms. The van der Waals surface area contributed by atoms with Gasteiger partial charge in [-0.05, 0) is 82.9 Å². The molecule has 0 aliphatic heterocycles. The van der Waals surface area contributed by atoms with Crippen LogP contribution in [0.5, 0.6) is 0 Å². The van der Waals surface area contributed by atoms with Crippen molar-refractivity contribution in [2.75, 3.05) is 0 Å². The third-order valence-electron chi connectivity index (χ3n) is 8.49. The molecule has 0 aliphatic rings. The van der Waals surface area contributed by atoms with Crippen LogP contribution in [0, 0.1) is 0 Å². The van der Waals surface area contributed by atoms with E-state index in [1.54, 1.807) is 0 Å². The van der Waals surface area contributed by atoms with Gasteiger partial charge in [0.25, 0.3) is 0 Å². The van der Waals surface area contributed by atoms with Gasteiger partial charge in [-0.1, -0.05) is 164 Å². The molecule has 0 radical (unpaired) electrons. The summed E-state index contributed by atoms with van der Waals surface area (Å²) in [7, 11) is 0. The van der Waals surface area contributed by atoms with E-state index in [2.05, 4.69) is 170 Å². The molecular formula is C42H28. The molecule has 0 fully saturated rings. The maximum atomic E-state index is 2.34. The Morgan fingerprint density at radius 1 is 0.214 bits per heavy atom. The summed E-state index contributed by atoms with van der Waals surface area (Å²) < 4.78 is 0. The Hall–Kier alpha value is -5.46. The molecule has 0 N–H and O–H groups in total. The highest BCUT2D eigenvalue weighted by Crippen LogP contribution is 2.38. The Morgan fingerprint density at radius 2 is 0.548 bits per heavy atom. The average molecular weight is 533 g/mol. The minimum absolute atomic E-state index is 1.23. The topological polar surface area (TPSA) is 0 Å². The van der Waals surface area contributed by atoms with E-state index >= 15 is 0 Å². The first-order valence-electron chi connectivity index (χ1n) is 14.5. The van der Waals surface area contributed by atoms with Gasteiger partial charge < -0.3 is 0 Å². The van der Waals surface area contributed by atoms with Crippen LogP contribution in [0.1, 0.15) is 0 Å². The zero-order chi connectivity index (χ0) is 27.9. The third-order valence-corrected chi connectivity index (χ3v) is 8.49. The minimum Gasteiger partial charge on any atom is -0.0616 e. The summed E-state index contributed by atoms with van der Waals surface area (Å²) in [5.41, 5.74) is 9.98. The van der Waals surface area contributed by atoms with Crippen molar-refractivity contribution in [3.05, 3.63) is 170 Å². The number of hydrogen-bond donors (Lipinski definition) is 0. The summed E-state index contributed by atoms with van der Waals surface area (Å²) in [5.74, 6) is 0. The molecule has 0 aromatic heterocycles. The van der Waals surface area contributed by atoms with Crippen molar-refractivity contribution in [1.29, 1.82) is 0 Å². The molecule has 0 aliphatic carbocycles. The fourth-order valence-electron chi connectivity index (χ4n) is 6.45. The van der Waals surface area contributed by atoms with Crippen LogP contribution in [0.15, 0.2) is 170 Å². The molecule has 0 heterocycles. The van der Waals surface area contributed by atoms with Gasteiger partial charge in [0, 0.05) is 0 Å². The fourth-order valence-corrected chi connectivity index (χ4v) is 6.45. The molecule has 0 bridgehead atoms. The van der Waals surface area contributed by atoms with Crippen LogP contribution in [0.3, 0.4) is 0 Å². The first-order chi connectivity index (χ1) is 20.8. The lowest BCUT2D eigenvalue weighted by atomic mass is 9.90. The first kappa shape index (κ1) is 24.3. The first-order valence-corrected chi connectivity index (χ1v) is 14.5. The molecular weight excluding hydrogens is 504 g/mol. The van der Waals surface area contributed by atoms with Gasteiger partial charge in [-0.25, -0.2) is 0 Å². The van der Waals surface area contributed by atoms with Crippen molar-refractivity contribution < 1.29 is 0 Å².